The molecule has 0 bridgehead atoms. The molecule has 1 fully saturated rings. The summed E-state index contributed by atoms with van der Waals surface area (Å²) in [6.45, 7) is 5.53. The van der Waals surface area contributed by atoms with Gasteiger partial charge in [0.25, 0.3) is 0 Å². The van der Waals surface area contributed by atoms with Gasteiger partial charge in [0.05, 0.1) is 42.1 Å². The molecule has 4 heterocycles. The minimum atomic E-state index is -0.429. The summed E-state index contributed by atoms with van der Waals surface area (Å²) < 4.78 is 11.6. The number of thiophene rings is 1. The van der Waals surface area contributed by atoms with Crippen LogP contribution in [0.4, 0.5) is 17.5 Å². The van der Waals surface area contributed by atoms with Gasteiger partial charge in [-0.15, -0.1) is 11.3 Å². The van der Waals surface area contributed by atoms with E-state index >= 15 is 0 Å². The van der Waals surface area contributed by atoms with E-state index in [-0.39, 0.29) is 0 Å². The molecule has 1 aliphatic heterocycles. The first-order valence-corrected chi connectivity index (χ1v) is 12.5. The molecule has 1 aliphatic rings. The van der Waals surface area contributed by atoms with Crippen LogP contribution >= 0.6 is 11.3 Å². The molecule has 0 atom stereocenters. The number of hydrogen-bond acceptors (Lipinski definition) is 11. The van der Waals surface area contributed by atoms with Gasteiger partial charge in [0.1, 0.15) is 0 Å². The van der Waals surface area contributed by atoms with Crippen LogP contribution in [0.5, 0.6) is 0 Å². The third-order valence-electron chi connectivity index (χ3n) is 5.74. The van der Waals surface area contributed by atoms with E-state index < -0.39 is 5.97 Å². The molecule has 0 spiro atoms. The normalized spacial score (nSPS) is 13.7. The number of esters is 1. The van der Waals surface area contributed by atoms with E-state index in [1.807, 2.05) is 36.2 Å². The lowest BCUT2D eigenvalue weighted by Gasteiger charge is -2.28. The fraction of sp³-hybridized carbons (Fsp3) is 0.320. The van der Waals surface area contributed by atoms with Crippen molar-refractivity contribution in [3.8, 4) is 11.4 Å². The van der Waals surface area contributed by atoms with Crippen LogP contribution in [0.3, 0.4) is 0 Å². The zero-order chi connectivity index (χ0) is 25.1. The molecular weight excluding hydrogens is 478 g/mol. The number of anilines is 3. The monoisotopic (exact) mass is 505 g/mol. The van der Waals surface area contributed by atoms with Gasteiger partial charge >= 0.3 is 5.97 Å². The maximum atomic E-state index is 11.9. The lowest BCUT2D eigenvalue weighted by molar-refractivity contribution is 0.0525. The zero-order valence-corrected chi connectivity index (χ0v) is 21.0. The predicted molar refractivity (Wildman–Crippen MR) is 140 cm³/mol. The van der Waals surface area contributed by atoms with Gasteiger partial charge in [-0.05, 0) is 25.1 Å². The van der Waals surface area contributed by atoms with Crippen molar-refractivity contribution in [3.63, 3.8) is 0 Å². The minimum Gasteiger partial charge on any atom is -0.462 e. The maximum Gasteiger partial charge on any atom is 0.341 e. The summed E-state index contributed by atoms with van der Waals surface area (Å²) in [6.07, 6.45) is 2.98. The Morgan fingerprint density at radius 1 is 1.19 bits per heavy atom. The highest BCUT2D eigenvalue weighted by molar-refractivity contribution is 7.19. The molecule has 0 radical (unpaired) electrons. The van der Waals surface area contributed by atoms with Gasteiger partial charge in [-0.3, -0.25) is 0 Å². The van der Waals surface area contributed by atoms with Crippen LogP contribution in [-0.2, 0) is 16.0 Å². The van der Waals surface area contributed by atoms with Crippen LogP contribution in [0.15, 0.2) is 42.7 Å². The topological polar surface area (TPSA) is 120 Å². The molecule has 2 N–H and O–H groups in total. The van der Waals surface area contributed by atoms with Crippen molar-refractivity contribution in [1.29, 1.82) is 0 Å². The fourth-order valence-corrected chi connectivity index (χ4v) is 5.15. The van der Waals surface area contributed by atoms with Crippen LogP contribution in [0.1, 0.15) is 22.2 Å². The highest BCUT2D eigenvalue weighted by Gasteiger charge is 2.21. The molecule has 4 aromatic rings. The standard InChI is InChI=1S/C25H27N7O3S/c1-3-35-24(33)17-13-27-25(28-14-17)31(2)15-19-12-20-21(36-19)23(32-7-9-34-10-8-32)30-22(29-20)16-5-4-6-18(26)11-16/h4-6,11-14H,3,7-10,15,26H2,1-2H3. The van der Waals surface area contributed by atoms with Gasteiger partial charge in [-0.25, -0.2) is 24.7 Å². The van der Waals surface area contributed by atoms with Gasteiger partial charge in [0.15, 0.2) is 11.6 Å². The molecule has 10 nitrogen and oxygen atoms in total. The van der Waals surface area contributed by atoms with Crippen molar-refractivity contribution in [3.05, 3.63) is 53.2 Å². The lowest BCUT2D eigenvalue weighted by atomic mass is 10.2. The first-order valence-electron chi connectivity index (χ1n) is 11.7. The first-order chi connectivity index (χ1) is 17.5. The molecule has 1 saturated heterocycles. The van der Waals surface area contributed by atoms with Crippen molar-refractivity contribution in [1.82, 2.24) is 19.9 Å². The molecule has 3 aromatic heterocycles. The van der Waals surface area contributed by atoms with Gasteiger partial charge in [-0.2, -0.15) is 0 Å². The fourth-order valence-electron chi connectivity index (χ4n) is 3.98. The second-order valence-electron chi connectivity index (χ2n) is 8.37. The van der Waals surface area contributed by atoms with Crippen LogP contribution in [0, 0.1) is 0 Å². The summed E-state index contributed by atoms with van der Waals surface area (Å²) in [6, 6.07) is 9.71. The second kappa shape index (κ2) is 10.4. The average Bonchev–Trinajstić information content (AvgIpc) is 3.31. The Bertz CT molecular complexity index is 1370. The van der Waals surface area contributed by atoms with E-state index in [0.717, 1.165) is 39.6 Å². The summed E-state index contributed by atoms with van der Waals surface area (Å²) in [4.78, 5) is 35.7. The summed E-state index contributed by atoms with van der Waals surface area (Å²) in [5, 5.41) is 0. The molecule has 186 valence electrons. The summed E-state index contributed by atoms with van der Waals surface area (Å²) >= 11 is 1.66. The summed E-state index contributed by atoms with van der Waals surface area (Å²) in [7, 11) is 1.91. The second-order valence-corrected chi connectivity index (χ2v) is 9.51. The van der Waals surface area contributed by atoms with E-state index in [4.69, 9.17) is 25.2 Å². The average molecular weight is 506 g/mol. The largest absolute Gasteiger partial charge is 0.462 e. The lowest BCUT2D eigenvalue weighted by Crippen LogP contribution is -2.36. The third kappa shape index (κ3) is 5.07. The number of rotatable bonds is 7. The number of morpholine rings is 1. The molecule has 11 heteroatoms. The van der Waals surface area contributed by atoms with Crippen molar-refractivity contribution >= 4 is 45.0 Å². The van der Waals surface area contributed by atoms with E-state index in [2.05, 4.69) is 20.9 Å². The molecule has 0 amide bonds. The molecule has 0 saturated carbocycles. The van der Waals surface area contributed by atoms with Crippen LogP contribution in [0.25, 0.3) is 21.6 Å². The summed E-state index contributed by atoms with van der Waals surface area (Å²) in [5.41, 5.74) is 8.79. The van der Waals surface area contributed by atoms with Crippen molar-refractivity contribution in [2.75, 3.05) is 55.5 Å². The van der Waals surface area contributed by atoms with Gasteiger partial charge in [0.2, 0.25) is 5.95 Å². The number of carbonyl (C=O) groups is 1. The predicted octanol–water partition coefficient (Wildman–Crippen LogP) is 3.38. The number of nitrogen functional groups attached to an aromatic ring is 1. The van der Waals surface area contributed by atoms with E-state index in [0.29, 0.717) is 49.4 Å². The van der Waals surface area contributed by atoms with Crippen LogP contribution < -0.4 is 15.5 Å². The Morgan fingerprint density at radius 3 is 2.69 bits per heavy atom. The van der Waals surface area contributed by atoms with Gasteiger partial charge in [0, 0.05) is 48.7 Å². The highest BCUT2D eigenvalue weighted by atomic mass is 32.1. The number of hydrogen-bond donors (Lipinski definition) is 1. The minimum absolute atomic E-state index is 0.307. The van der Waals surface area contributed by atoms with Crippen molar-refractivity contribution < 1.29 is 14.3 Å². The van der Waals surface area contributed by atoms with Crippen LogP contribution in [0.2, 0.25) is 0 Å². The molecular formula is C25H27N7O3S. The number of carbonyl (C=O) groups excluding carboxylic acids is 1. The summed E-state index contributed by atoms with van der Waals surface area (Å²) in [5.74, 6) is 1.64. The third-order valence-corrected chi connectivity index (χ3v) is 6.85. The first kappa shape index (κ1) is 23.9. The van der Waals surface area contributed by atoms with Gasteiger partial charge < -0.3 is 25.0 Å². The number of ether oxygens (including phenoxy) is 2. The number of nitrogens with zero attached hydrogens (tertiary/aromatic N) is 6. The van der Waals surface area contributed by atoms with Crippen molar-refractivity contribution in [2.24, 2.45) is 0 Å². The van der Waals surface area contributed by atoms with Crippen LogP contribution in [-0.4, -0.2) is 65.9 Å². The molecule has 0 unspecified atom stereocenters. The molecule has 36 heavy (non-hydrogen) atoms. The van der Waals surface area contributed by atoms with E-state index in [1.54, 1.807) is 18.3 Å². The van der Waals surface area contributed by atoms with E-state index in [9.17, 15) is 4.79 Å². The Morgan fingerprint density at radius 2 is 1.97 bits per heavy atom. The van der Waals surface area contributed by atoms with E-state index in [1.165, 1.54) is 12.4 Å². The number of benzene rings is 1. The highest BCUT2D eigenvalue weighted by Crippen LogP contribution is 2.35. The number of nitrogens with two attached hydrogens (primary N) is 1. The Hall–Kier alpha value is -3.83. The molecule has 5 rings (SSSR count). The Kier molecular flexibility index (Phi) is 6.92. The van der Waals surface area contributed by atoms with Crippen molar-refractivity contribution in [2.45, 2.75) is 13.5 Å². The molecule has 1 aromatic carbocycles. The smallest absolute Gasteiger partial charge is 0.341 e. The molecule has 0 aliphatic carbocycles. The Balaban J connectivity index is 1.45. The Labute approximate surface area is 212 Å². The van der Waals surface area contributed by atoms with Gasteiger partial charge in [-0.1, -0.05) is 12.1 Å². The SMILES string of the molecule is CCOC(=O)c1cnc(N(C)Cc2cc3nc(-c4cccc(N)c4)nc(N4CCOCC4)c3s2)nc1. The maximum absolute atomic E-state index is 11.9. The quantitative estimate of drug-likeness (QED) is 0.296. The number of fused-ring (bicyclic) bond motifs is 1. The number of aromatic nitrogens is 4. The zero-order valence-electron chi connectivity index (χ0n) is 20.2.